The van der Waals surface area contributed by atoms with Crippen LogP contribution in [0, 0.1) is 5.82 Å². The molecule has 4 rings (SSSR count). The number of likely N-dealkylation sites (tertiary alicyclic amines) is 1. The molecule has 0 radical (unpaired) electrons. The minimum Gasteiger partial charge on any atom is -0.341 e. The predicted octanol–water partition coefficient (Wildman–Crippen LogP) is 2.82. The fourth-order valence-corrected chi connectivity index (χ4v) is 3.63. The van der Waals surface area contributed by atoms with Crippen LogP contribution >= 0.6 is 11.6 Å². The lowest BCUT2D eigenvalue weighted by Crippen LogP contribution is -2.34. The number of carbonyl (C=O) groups excluding carboxylic acids is 1. The lowest BCUT2D eigenvalue weighted by Gasteiger charge is -2.15. The standard InChI is InChI=1S/C19H18ClFN4O2/c1-23-9-13(12-4-5-14(20)15(21)8-12)17-18(23)22-11-25(19(17)27)10-16(26)24-6-2-3-7-24/h4-5,8-9,11H,2-3,6-7,10H2,1H3. The molecule has 6 nitrogen and oxygen atoms in total. The number of carbonyl (C=O) groups is 1. The van der Waals surface area contributed by atoms with Gasteiger partial charge in [0, 0.05) is 31.9 Å². The molecule has 0 bridgehead atoms. The molecular weight excluding hydrogens is 371 g/mol. The van der Waals surface area contributed by atoms with Crippen molar-refractivity contribution in [3.63, 3.8) is 0 Å². The molecular formula is C19H18ClFN4O2. The SMILES string of the molecule is Cn1cc(-c2ccc(Cl)c(F)c2)c2c(=O)n(CC(=O)N3CCCC3)cnc21. The highest BCUT2D eigenvalue weighted by atomic mass is 35.5. The second-order valence-electron chi connectivity index (χ2n) is 6.75. The van der Waals surface area contributed by atoms with Gasteiger partial charge in [-0.05, 0) is 30.5 Å². The zero-order valence-electron chi connectivity index (χ0n) is 14.8. The summed E-state index contributed by atoms with van der Waals surface area (Å²) in [6, 6.07) is 4.41. The monoisotopic (exact) mass is 388 g/mol. The molecule has 1 aliphatic rings. The van der Waals surface area contributed by atoms with Gasteiger partial charge in [0.1, 0.15) is 24.3 Å². The van der Waals surface area contributed by atoms with E-state index in [4.69, 9.17) is 11.6 Å². The van der Waals surface area contributed by atoms with Gasteiger partial charge in [-0.1, -0.05) is 17.7 Å². The summed E-state index contributed by atoms with van der Waals surface area (Å²) >= 11 is 5.77. The van der Waals surface area contributed by atoms with Crippen LogP contribution in [0.2, 0.25) is 5.02 Å². The average molecular weight is 389 g/mol. The number of nitrogens with zero attached hydrogens (tertiary/aromatic N) is 4. The van der Waals surface area contributed by atoms with Crippen molar-refractivity contribution in [2.75, 3.05) is 13.1 Å². The number of halogens is 2. The molecule has 0 spiro atoms. The van der Waals surface area contributed by atoms with Gasteiger partial charge in [0.15, 0.2) is 0 Å². The molecule has 140 valence electrons. The van der Waals surface area contributed by atoms with Crippen LogP contribution in [0.5, 0.6) is 0 Å². The Bertz CT molecular complexity index is 1100. The fraction of sp³-hybridized carbons (Fsp3) is 0.316. The van der Waals surface area contributed by atoms with E-state index in [-0.39, 0.29) is 23.0 Å². The van der Waals surface area contributed by atoms with Crippen LogP contribution < -0.4 is 5.56 Å². The zero-order valence-corrected chi connectivity index (χ0v) is 15.5. The Morgan fingerprint density at radius 1 is 1.30 bits per heavy atom. The van der Waals surface area contributed by atoms with Crippen molar-refractivity contribution in [2.24, 2.45) is 7.05 Å². The summed E-state index contributed by atoms with van der Waals surface area (Å²) in [4.78, 5) is 31.6. The van der Waals surface area contributed by atoms with E-state index in [9.17, 15) is 14.0 Å². The van der Waals surface area contributed by atoms with E-state index in [0.29, 0.717) is 22.2 Å². The van der Waals surface area contributed by atoms with Crippen LogP contribution in [0.25, 0.3) is 22.2 Å². The second-order valence-corrected chi connectivity index (χ2v) is 7.15. The third-order valence-corrected chi connectivity index (χ3v) is 5.25. The first-order valence-electron chi connectivity index (χ1n) is 8.73. The highest BCUT2D eigenvalue weighted by Crippen LogP contribution is 2.29. The molecule has 0 N–H and O–H groups in total. The summed E-state index contributed by atoms with van der Waals surface area (Å²) in [6.45, 7) is 1.40. The molecule has 0 atom stereocenters. The van der Waals surface area contributed by atoms with E-state index >= 15 is 0 Å². The van der Waals surface area contributed by atoms with Gasteiger partial charge in [-0.15, -0.1) is 0 Å². The van der Waals surface area contributed by atoms with Gasteiger partial charge >= 0.3 is 0 Å². The van der Waals surface area contributed by atoms with Crippen LogP contribution in [0.3, 0.4) is 0 Å². The Labute approximate surface area is 159 Å². The molecule has 1 saturated heterocycles. The van der Waals surface area contributed by atoms with Crippen molar-refractivity contribution in [2.45, 2.75) is 19.4 Å². The maximum absolute atomic E-state index is 13.9. The summed E-state index contributed by atoms with van der Waals surface area (Å²) in [5, 5.41) is 0.377. The smallest absolute Gasteiger partial charge is 0.263 e. The summed E-state index contributed by atoms with van der Waals surface area (Å²) in [7, 11) is 1.77. The maximum atomic E-state index is 13.9. The van der Waals surface area contributed by atoms with Crippen LogP contribution in [0.1, 0.15) is 12.8 Å². The highest BCUT2D eigenvalue weighted by Gasteiger charge is 2.21. The van der Waals surface area contributed by atoms with Gasteiger partial charge < -0.3 is 9.47 Å². The first-order chi connectivity index (χ1) is 13.0. The van der Waals surface area contributed by atoms with Crippen molar-refractivity contribution in [3.8, 4) is 11.1 Å². The molecule has 1 fully saturated rings. The number of hydrogen-bond acceptors (Lipinski definition) is 3. The summed E-state index contributed by atoms with van der Waals surface area (Å²) in [5.41, 5.74) is 1.25. The van der Waals surface area contributed by atoms with Crippen LogP contribution in [-0.2, 0) is 18.4 Å². The summed E-state index contributed by atoms with van der Waals surface area (Å²) in [5.74, 6) is -0.648. The molecule has 3 heterocycles. The van der Waals surface area contributed by atoms with Crippen molar-refractivity contribution >= 4 is 28.5 Å². The zero-order chi connectivity index (χ0) is 19.1. The van der Waals surface area contributed by atoms with Gasteiger partial charge in [-0.25, -0.2) is 9.37 Å². The lowest BCUT2D eigenvalue weighted by atomic mass is 10.1. The van der Waals surface area contributed by atoms with Crippen LogP contribution in [0.4, 0.5) is 4.39 Å². The normalized spacial score (nSPS) is 14.3. The first kappa shape index (κ1) is 17.7. The Balaban J connectivity index is 1.80. The minimum atomic E-state index is -0.556. The van der Waals surface area contributed by atoms with Gasteiger partial charge in [0.2, 0.25) is 5.91 Å². The van der Waals surface area contributed by atoms with Crippen LogP contribution in [-0.4, -0.2) is 38.0 Å². The summed E-state index contributed by atoms with van der Waals surface area (Å²) in [6.07, 6.45) is 5.10. The molecule has 0 aliphatic carbocycles. The molecule has 1 aliphatic heterocycles. The van der Waals surface area contributed by atoms with Gasteiger partial charge in [-0.2, -0.15) is 0 Å². The molecule has 27 heavy (non-hydrogen) atoms. The number of benzene rings is 1. The number of rotatable bonds is 3. The highest BCUT2D eigenvalue weighted by molar-refractivity contribution is 6.30. The topological polar surface area (TPSA) is 60.1 Å². The van der Waals surface area contributed by atoms with Crippen molar-refractivity contribution in [1.29, 1.82) is 0 Å². The van der Waals surface area contributed by atoms with E-state index in [1.54, 1.807) is 28.8 Å². The van der Waals surface area contributed by atoms with Crippen molar-refractivity contribution in [3.05, 3.63) is 51.9 Å². The molecule has 3 aromatic rings. The van der Waals surface area contributed by atoms with E-state index in [1.165, 1.54) is 23.0 Å². The molecule has 0 saturated carbocycles. The van der Waals surface area contributed by atoms with E-state index < -0.39 is 5.82 Å². The van der Waals surface area contributed by atoms with Crippen LogP contribution in [0.15, 0.2) is 35.5 Å². The van der Waals surface area contributed by atoms with E-state index in [0.717, 1.165) is 25.9 Å². The van der Waals surface area contributed by atoms with Crippen molar-refractivity contribution < 1.29 is 9.18 Å². The number of fused-ring (bicyclic) bond motifs is 1. The van der Waals surface area contributed by atoms with E-state index in [1.807, 2.05) is 0 Å². The molecule has 0 unspecified atom stereocenters. The number of hydrogen-bond donors (Lipinski definition) is 0. The summed E-state index contributed by atoms with van der Waals surface area (Å²) < 4.78 is 16.9. The van der Waals surface area contributed by atoms with Gasteiger partial charge in [-0.3, -0.25) is 14.2 Å². The van der Waals surface area contributed by atoms with Gasteiger partial charge in [0.25, 0.3) is 5.56 Å². The third kappa shape index (κ3) is 3.12. The maximum Gasteiger partial charge on any atom is 0.263 e. The van der Waals surface area contributed by atoms with E-state index in [2.05, 4.69) is 4.98 Å². The number of aryl methyl sites for hydroxylation is 1. The number of aromatic nitrogens is 3. The van der Waals surface area contributed by atoms with Crippen molar-refractivity contribution in [1.82, 2.24) is 19.0 Å². The first-order valence-corrected chi connectivity index (χ1v) is 9.11. The fourth-order valence-electron chi connectivity index (χ4n) is 3.51. The minimum absolute atomic E-state index is 0.0192. The Morgan fingerprint density at radius 3 is 2.74 bits per heavy atom. The Kier molecular flexibility index (Phi) is 4.47. The quantitative estimate of drug-likeness (QED) is 0.693. The largest absolute Gasteiger partial charge is 0.341 e. The van der Waals surface area contributed by atoms with Gasteiger partial charge in [0.05, 0.1) is 10.4 Å². The third-order valence-electron chi connectivity index (χ3n) is 4.94. The number of amides is 1. The molecule has 1 amide bonds. The Hall–Kier alpha value is -2.67. The molecule has 8 heteroatoms. The predicted molar refractivity (Wildman–Crippen MR) is 101 cm³/mol. The lowest BCUT2D eigenvalue weighted by molar-refractivity contribution is -0.130. The molecule has 2 aromatic heterocycles. The Morgan fingerprint density at radius 2 is 2.04 bits per heavy atom. The second kappa shape index (κ2) is 6.81. The average Bonchev–Trinajstić information content (AvgIpc) is 3.28. The molecule has 1 aromatic carbocycles.